The van der Waals surface area contributed by atoms with Crippen molar-refractivity contribution in [2.45, 2.75) is 12.8 Å². The van der Waals surface area contributed by atoms with Crippen LogP contribution in [0.3, 0.4) is 0 Å². The Bertz CT molecular complexity index is 1350. The van der Waals surface area contributed by atoms with Gasteiger partial charge in [0.05, 0.1) is 16.7 Å². The van der Waals surface area contributed by atoms with Crippen molar-refractivity contribution in [3.63, 3.8) is 0 Å². The van der Waals surface area contributed by atoms with E-state index < -0.39 is 11.9 Å². The monoisotopic (exact) mass is 466 g/mol. The molecule has 0 saturated heterocycles. The number of aryl methyl sites for hydroxylation is 1. The zero-order valence-electron chi connectivity index (χ0n) is 18.7. The first-order chi connectivity index (χ1) is 17.0. The number of carbonyl (C=O) groups excluding carboxylic acids is 3. The van der Waals surface area contributed by atoms with E-state index in [1.54, 1.807) is 78.9 Å². The predicted molar refractivity (Wildman–Crippen MR) is 130 cm³/mol. The smallest absolute Gasteiger partial charge is 0.343 e. The lowest BCUT2D eigenvalue weighted by Gasteiger charge is -2.12. The molecule has 0 radical (unpaired) electrons. The van der Waals surface area contributed by atoms with Crippen molar-refractivity contribution < 1.29 is 29.0 Å². The molecule has 0 bridgehead atoms. The molecule has 6 nitrogen and oxygen atoms in total. The molecule has 6 heteroatoms. The maximum Gasteiger partial charge on any atom is 0.343 e. The van der Waals surface area contributed by atoms with Crippen LogP contribution in [0.5, 0.6) is 17.2 Å². The van der Waals surface area contributed by atoms with E-state index >= 15 is 0 Å². The highest BCUT2D eigenvalue weighted by molar-refractivity contribution is 6.01. The van der Waals surface area contributed by atoms with Crippen LogP contribution in [0.4, 0.5) is 0 Å². The second-order valence-electron chi connectivity index (χ2n) is 7.76. The van der Waals surface area contributed by atoms with Crippen LogP contribution in [-0.4, -0.2) is 22.8 Å². The molecule has 0 aromatic heterocycles. The quantitative estimate of drug-likeness (QED) is 0.205. The first-order valence-corrected chi connectivity index (χ1v) is 11.0. The van der Waals surface area contributed by atoms with Gasteiger partial charge in [-0.05, 0) is 60.5 Å². The van der Waals surface area contributed by atoms with E-state index in [2.05, 4.69) is 0 Å². The molecule has 35 heavy (non-hydrogen) atoms. The number of benzene rings is 4. The summed E-state index contributed by atoms with van der Waals surface area (Å²) < 4.78 is 11.0. The first-order valence-electron chi connectivity index (χ1n) is 11.0. The van der Waals surface area contributed by atoms with Crippen molar-refractivity contribution >= 4 is 17.7 Å². The van der Waals surface area contributed by atoms with Crippen LogP contribution in [0.25, 0.3) is 0 Å². The number of Topliss-reactive ketones (excluding diaryl/α,β-unsaturated/α-hetero) is 1. The Labute approximate surface area is 202 Å². The summed E-state index contributed by atoms with van der Waals surface area (Å²) in [5.74, 6) is -1.22. The molecule has 0 unspecified atom stereocenters. The summed E-state index contributed by atoms with van der Waals surface area (Å²) in [5.41, 5.74) is 1.67. The van der Waals surface area contributed by atoms with E-state index in [9.17, 15) is 19.5 Å². The van der Waals surface area contributed by atoms with Gasteiger partial charge in [0.2, 0.25) is 0 Å². The topological polar surface area (TPSA) is 89.9 Å². The number of phenols is 1. The summed E-state index contributed by atoms with van der Waals surface area (Å²) in [7, 11) is 0. The van der Waals surface area contributed by atoms with E-state index in [0.717, 1.165) is 5.56 Å². The van der Waals surface area contributed by atoms with Crippen molar-refractivity contribution in [1.29, 1.82) is 0 Å². The summed E-state index contributed by atoms with van der Waals surface area (Å²) in [6.45, 7) is 0. The lowest BCUT2D eigenvalue weighted by Crippen LogP contribution is -2.13. The van der Waals surface area contributed by atoms with Gasteiger partial charge in [-0.2, -0.15) is 0 Å². The van der Waals surface area contributed by atoms with Gasteiger partial charge in [-0.15, -0.1) is 0 Å². The molecule has 4 aromatic carbocycles. The minimum absolute atomic E-state index is 0.00174. The number of hydrogen-bond donors (Lipinski definition) is 1. The molecular weight excluding hydrogens is 444 g/mol. The SMILES string of the molecule is O=C(Oc1ccc(C(=O)CCc2cccc(O)c2)c(OC(=O)c2ccccc2)c1)c1ccccc1. The standard InChI is InChI=1S/C29H22O6/c30-23-13-7-8-20(18-23)14-17-26(31)25-16-15-24(34-28(32)21-9-3-1-4-10-21)19-27(25)35-29(33)22-11-5-2-6-12-22/h1-13,15-16,18-19,30H,14,17H2. The highest BCUT2D eigenvalue weighted by atomic mass is 16.5. The summed E-state index contributed by atoms with van der Waals surface area (Å²) >= 11 is 0. The Morgan fingerprint density at radius 2 is 1.29 bits per heavy atom. The number of carbonyl (C=O) groups is 3. The van der Waals surface area contributed by atoms with Crippen molar-refractivity contribution in [2.75, 3.05) is 0 Å². The average Bonchev–Trinajstić information content (AvgIpc) is 2.88. The Balaban J connectivity index is 1.58. The van der Waals surface area contributed by atoms with Gasteiger partial charge in [0.25, 0.3) is 0 Å². The fourth-order valence-electron chi connectivity index (χ4n) is 3.46. The summed E-state index contributed by atoms with van der Waals surface area (Å²) in [6, 6.07) is 27.9. The van der Waals surface area contributed by atoms with E-state index in [4.69, 9.17) is 9.47 Å². The van der Waals surface area contributed by atoms with Gasteiger partial charge in [0.15, 0.2) is 5.78 Å². The molecule has 0 atom stereocenters. The molecule has 0 aliphatic heterocycles. The van der Waals surface area contributed by atoms with Gasteiger partial charge in [-0.25, -0.2) is 9.59 Å². The second kappa shape index (κ2) is 10.9. The first kappa shape index (κ1) is 23.4. The number of hydrogen-bond acceptors (Lipinski definition) is 6. The third kappa shape index (κ3) is 6.21. The van der Waals surface area contributed by atoms with E-state index in [-0.39, 0.29) is 35.0 Å². The highest BCUT2D eigenvalue weighted by Gasteiger charge is 2.19. The number of esters is 2. The largest absolute Gasteiger partial charge is 0.508 e. The summed E-state index contributed by atoms with van der Waals surface area (Å²) in [6.07, 6.45) is 0.520. The third-order valence-electron chi connectivity index (χ3n) is 5.24. The van der Waals surface area contributed by atoms with Gasteiger partial charge >= 0.3 is 11.9 Å². The van der Waals surface area contributed by atoms with Gasteiger partial charge in [0, 0.05) is 12.5 Å². The van der Waals surface area contributed by atoms with Crippen molar-refractivity contribution in [3.05, 3.63) is 125 Å². The maximum absolute atomic E-state index is 13.0. The number of ketones is 1. The fraction of sp³-hybridized carbons (Fsp3) is 0.0690. The van der Waals surface area contributed by atoms with Crippen LogP contribution < -0.4 is 9.47 Å². The van der Waals surface area contributed by atoms with E-state index in [1.165, 1.54) is 18.2 Å². The number of aromatic hydroxyl groups is 1. The van der Waals surface area contributed by atoms with Gasteiger partial charge in [-0.3, -0.25) is 4.79 Å². The van der Waals surface area contributed by atoms with Crippen LogP contribution in [0, 0.1) is 0 Å². The molecule has 0 aliphatic carbocycles. The molecule has 0 saturated carbocycles. The second-order valence-corrected chi connectivity index (χ2v) is 7.76. The molecule has 4 aromatic rings. The van der Waals surface area contributed by atoms with Crippen molar-refractivity contribution in [3.8, 4) is 17.2 Å². The zero-order valence-corrected chi connectivity index (χ0v) is 18.7. The number of rotatable bonds is 8. The third-order valence-corrected chi connectivity index (χ3v) is 5.24. The Hall–Kier alpha value is -4.71. The van der Waals surface area contributed by atoms with Gasteiger partial charge in [0.1, 0.15) is 17.2 Å². The normalized spacial score (nSPS) is 10.4. The minimum atomic E-state index is -0.640. The number of phenolic OH excluding ortho intramolecular Hbond substituents is 1. The molecule has 4 rings (SSSR count). The molecule has 0 heterocycles. The van der Waals surface area contributed by atoms with E-state index in [0.29, 0.717) is 17.5 Å². The summed E-state index contributed by atoms with van der Waals surface area (Å²) in [5, 5.41) is 9.65. The highest BCUT2D eigenvalue weighted by Crippen LogP contribution is 2.28. The predicted octanol–water partition coefficient (Wildman–Crippen LogP) is 5.65. The summed E-state index contributed by atoms with van der Waals surface area (Å²) in [4.78, 5) is 38.2. The van der Waals surface area contributed by atoms with Gasteiger partial charge < -0.3 is 14.6 Å². The van der Waals surface area contributed by atoms with Crippen LogP contribution in [0.2, 0.25) is 0 Å². The van der Waals surface area contributed by atoms with Crippen molar-refractivity contribution in [1.82, 2.24) is 0 Å². The molecule has 0 amide bonds. The van der Waals surface area contributed by atoms with E-state index in [1.807, 2.05) is 6.07 Å². The van der Waals surface area contributed by atoms with Crippen molar-refractivity contribution in [2.24, 2.45) is 0 Å². The lowest BCUT2D eigenvalue weighted by atomic mass is 10.0. The molecule has 0 spiro atoms. The lowest BCUT2D eigenvalue weighted by molar-refractivity contribution is 0.0731. The molecule has 0 aliphatic rings. The molecule has 1 N–H and O–H groups in total. The Morgan fingerprint density at radius 3 is 1.91 bits per heavy atom. The van der Waals surface area contributed by atoms with Crippen LogP contribution >= 0.6 is 0 Å². The Kier molecular flexibility index (Phi) is 7.33. The van der Waals surface area contributed by atoms with Crippen LogP contribution in [0.15, 0.2) is 103 Å². The molecule has 174 valence electrons. The maximum atomic E-state index is 13.0. The number of ether oxygens (including phenoxy) is 2. The van der Waals surface area contributed by atoms with Crippen LogP contribution in [-0.2, 0) is 6.42 Å². The average molecular weight is 466 g/mol. The fourth-order valence-corrected chi connectivity index (χ4v) is 3.46. The molecular formula is C29H22O6. The van der Waals surface area contributed by atoms with Gasteiger partial charge in [-0.1, -0.05) is 48.5 Å². The Morgan fingerprint density at radius 1 is 0.657 bits per heavy atom. The van der Waals surface area contributed by atoms with Crippen LogP contribution in [0.1, 0.15) is 43.1 Å². The zero-order chi connectivity index (χ0) is 24.6. The molecule has 0 fully saturated rings. The minimum Gasteiger partial charge on any atom is -0.508 e.